The van der Waals surface area contributed by atoms with E-state index in [1.807, 2.05) is 0 Å². The number of halogens is 3. The molecule has 88 valence electrons. The molecule has 1 N–H and O–H groups in total. The monoisotopic (exact) mass is 280 g/mol. The molecule has 0 aliphatic heterocycles. The Morgan fingerprint density at radius 3 is 2.38 bits per heavy atom. The van der Waals surface area contributed by atoms with Gasteiger partial charge in [0, 0.05) is 6.07 Å². The highest BCUT2D eigenvalue weighted by Crippen LogP contribution is 2.36. The molecule has 5 heteroatoms. The fourth-order valence-corrected chi connectivity index (χ4v) is 2.38. The average Bonchev–Trinajstić information content (AvgIpc) is 2.61. The van der Waals surface area contributed by atoms with Crippen molar-refractivity contribution in [2.45, 2.75) is 31.5 Å². The van der Waals surface area contributed by atoms with Crippen LogP contribution in [0.15, 0.2) is 12.1 Å². The molecule has 0 spiro atoms. The third kappa shape index (κ3) is 2.57. The molecule has 2 atom stereocenters. The zero-order valence-corrected chi connectivity index (χ0v) is 10.7. The van der Waals surface area contributed by atoms with Gasteiger partial charge < -0.3 is 9.84 Å². The zero-order valence-electron chi connectivity index (χ0n) is 8.42. The van der Waals surface area contributed by atoms with Crippen LogP contribution >= 0.6 is 34.8 Å². The predicted molar refractivity (Wildman–Crippen MR) is 65.7 cm³/mol. The average molecular weight is 282 g/mol. The second-order valence-corrected chi connectivity index (χ2v) is 5.07. The first kappa shape index (κ1) is 12.3. The van der Waals surface area contributed by atoms with Crippen LogP contribution in [0.4, 0.5) is 0 Å². The summed E-state index contributed by atoms with van der Waals surface area (Å²) in [6.45, 7) is 0. The van der Waals surface area contributed by atoms with E-state index in [9.17, 15) is 5.11 Å². The van der Waals surface area contributed by atoms with Crippen molar-refractivity contribution in [3.8, 4) is 5.75 Å². The Morgan fingerprint density at radius 2 is 1.75 bits per heavy atom. The van der Waals surface area contributed by atoms with Gasteiger partial charge in [0.1, 0.15) is 11.9 Å². The summed E-state index contributed by atoms with van der Waals surface area (Å²) in [5.41, 5.74) is 0. The van der Waals surface area contributed by atoms with Crippen molar-refractivity contribution in [2.24, 2.45) is 0 Å². The lowest BCUT2D eigenvalue weighted by atomic mass is 10.2. The number of rotatable bonds is 2. The molecule has 1 aromatic carbocycles. The minimum absolute atomic E-state index is 0.199. The molecular formula is C11H11Cl3O2. The minimum Gasteiger partial charge on any atom is -0.486 e. The fraction of sp³-hybridized carbons (Fsp3) is 0.455. The van der Waals surface area contributed by atoms with Crippen molar-refractivity contribution in [1.29, 1.82) is 0 Å². The summed E-state index contributed by atoms with van der Waals surface area (Å²) in [6, 6.07) is 3.12. The minimum atomic E-state index is -0.425. The van der Waals surface area contributed by atoms with Crippen molar-refractivity contribution in [3.63, 3.8) is 0 Å². The maximum Gasteiger partial charge on any atom is 0.140 e. The van der Waals surface area contributed by atoms with Gasteiger partial charge in [-0.15, -0.1) is 0 Å². The first-order chi connectivity index (χ1) is 7.58. The highest BCUT2D eigenvalue weighted by Gasteiger charge is 2.27. The smallest absolute Gasteiger partial charge is 0.140 e. The highest BCUT2D eigenvalue weighted by atomic mass is 35.5. The lowest BCUT2D eigenvalue weighted by Crippen LogP contribution is -2.25. The predicted octanol–water partition coefficient (Wildman–Crippen LogP) is 3.94. The number of aliphatic hydroxyl groups excluding tert-OH is 1. The summed E-state index contributed by atoms with van der Waals surface area (Å²) in [4.78, 5) is 0. The van der Waals surface area contributed by atoms with E-state index in [-0.39, 0.29) is 6.10 Å². The van der Waals surface area contributed by atoms with Crippen LogP contribution in [0.3, 0.4) is 0 Å². The van der Waals surface area contributed by atoms with Gasteiger partial charge in [0.25, 0.3) is 0 Å². The molecule has 1 aromatic rings. The van der Waals surface area contributed by atoms with Crippen LogP contribution in [0.1, 0.15) is 19.3 Å². The van der Waals surface area contributed by atoms with Gasteiger partial charge in [-0.2, -0.15) is 0 Å². The molecule has 1 aliphatic rings. The Bertz CT molecular complexity index is 395. The maximum absolute atomic E-state index is 9.64. The van der Waals surface area contributed by atoms with Crippen molar-refractivity contribution in [3.05, 3.63) is 27.2 Å². The van der Waals surface area contributed by atoms with E-state index < -0.39 is 6.10 Å². The Labute approximate surface area is 109 Å². The zero-order chi connectivity index (χ0) is 11.7. The second-order valence-electron chi connectivity index (χ2n) is 3.85. The van der Waals surface area contributed by atoms with E-state index in [0.29, 0.717) is 20.8 Å². The topological polar surface area (TPSA) is 29.5 Å². The molecule has 16 heavy (non-hydrogen) atoms. The lowest BCUT2D eigenvalue weighted by Gasteiger charge is -2.18. The standard InChI is InChI=1S/C11H11Cl3O2/c12-6-4-8(14)11(5-7(6)13)16-10-3-1-2-9(10)15/h4-5,9-10,15H,1-3H2/t9-,10-/m1/s1. The first-order valence-electron chi connectivity index (χ1n) is 5.07. The molecule has 1 fully saturated rings. The molecular weight excluding hydrogens is 270 g/mol. The normalized spacial score (nSPS) is 24.8. The number of aliphatic hydroxyl groups is 1. The summed E-state index contributed by atoms with van der Waals surface area (Å²) in [6.07, 6.45) is 1.94. The summed E-state index contributed by atoms with van der Waals surface area (Å²) in [5, 5.41) is 10.8. The van der Waals surface area contributed by atoms with E-state index in [4.69, 9.17) is 39.5 Å². The number of benzene rings is 1. The molecule has 1 aliphatic carbocycles. The molecule has 0 unspecified atom stereocenters. The van der Waals surface area contributed by atoms with Gasteiger partial charge in [0.2, 0.25) is 0 Å². The molecule has 0 heterocycles. The summed E-state index contributed by atoms with van der Waals surface area (Å²) in [7, 11) is 0. The Kier molecular flexibility index (Phi) is 3.85. The molecule has 2 nitrogen and oxygen atoms in total. The number of hydrogen-bond acceptors (Lipinski definition) is 2. The van der Waals surface area contributed by atoms with Crippen LogP contribution in [0.5, 0.6) is 5.75 Å². The molecule has 0 bridgehead atoms. The Morgan fingerprint density at radius 1 is 1.06 bits per heavy atom. The second kappa shape index (κ2) is 5.01. The van der Waals surface area contributed by atoms with E-state index >= 15 is 0 Å². The lowest BCUT2D eigenvalue weighted by molar-refractivity contribution is 0.0605. The van der Waals surface area contributed by atoms with Gasteiger partial charge in [0.15, 0.2) is 0 Å². The van der Waals surface area contributed by atoms with Crippen LogP contribution < -0.4 is 4.74 Å². The SMILES string of the molecule is O[C@@H]1CCC[C@H]1Oc1cc(Cl)c(Cl)cc1Cl. The van der Waals surface area contributed by atoms with Crippen molar-refractivity contribution < 1.29 is 9.84 Å². The maximum atomic E-state index is 9.64. The van der Waals surface area contributed by atoms with Gasteiger partial charge >= 0.3 is 0 Å². The third-order valence-corrected chi connectivity index (χ3v) is 3.69. The number of hydrogen-bond donors (Lipinski definition) is 1. The van der Waals surface area contributed by atoms with Crippen LogP contribution in [-0.4, -0.2) is 17.3 Å². The molecule has 2 rings (SSSR count). The van der Waals surface area contributed by atoms with Gasteiger partial charge in [-0.1, -0.05) is 34.8 Å². The molecule has 0 radical (unpaired) electrons. The van der Waals surface area contributed by atoms with Gasteiger partial charge in [-0.3, -0.25) is 0 Å². The summed E-state index contributed by atoms with van der Waals surface area (Å²) in [5.74, 6) is 0.474. The highest BCUT2D eigenvalue weighted by molar-refractivity contribution is 6.43. The van der Waals surface area contributed by atoms with Gasteiger partial charge in [-0.25, -0.2) is 0 Å². The molecule has 0 saturated heterocycles. The van der Waals surface area contributed by atoms with Crippen molar-refractivity contribution in [2.75, 3.05) is 0 Å². The third-order valence-electron chi connectivity index (χ3n) is 2.67. The summed E-state index contributed by atoms with van der Waals surface area (Å²) >= 11 is 17.7. The van der Waals surface area contributed by atoms with Crippen molar-refractivity contribution >= 4 is 34.8 Å². The van der Waals surface area contributed by atoms with E-state index in [1.165, 1.54) is 0 Å². The van der Waals surface area contributed by atoms with Gasteiger partial charge in [-0.05, 0) is 25.3 Å². The van der Waals surface area contributed by atoms with E-state index in [1.54, 1.807) is 12.1 Å². The Hall–Kier alpha value is -0.150. The van der Waals surface area contributed by atoms with Gasteiger partial charge in [0.05, 0.1) is 21.2 Å². The molecule has 1 saturated carbocycles. The molecule has 0 aromatic heterocycles. The van der Waals surface area contributed by atoms with Crippen LogP contribution in [-0.2, 0) is 0 Å². The van der Waals surface area contributed by atoms with Crippen LogP contribution in [0.2, 0.25) is 15.1 Å². The van der Waals surface area contributed by atoms with E-state index in [0.717, 1.165) is 19.3 Å². The fourth-order valence-electron chi connectivity index (χ4n) is 1.80. The number of ether oxygens (including phenoxy) is 1. The quantitative estimate of drug-likeness (QED) is 0.832. The largest absolute Gasteiger partial charge is 0.486 e. The first-order valence-corrected chi connectivity index (χ1v) is 6.20. The van der Waals surface area contributed by atoms with Crippen LogP contribution in [0.25, 0.3) is 0 Å². The van der Waals surface area contributed by atoms with Crippen molar-refractivity contribution in [1.82, 2.24) is 0 Å². The summed E-state index contributed by atoms with van der Waals surface area (Å²) < 4.78 is 5.63. The van der Waals surface area contributed by atoms with E-state index in [2.05, 4.69) is 0 Å². The van der Waals surface area contributed by atoms with Crippen LogP contribution in [0, 0.1) is 0 Å². The molecule has 0 amide bonds. The Balaban J connectivity index is 2.18.